The molecule has 1 saturated heterocycles. The lowest BCUT2D eigenvalue weighted by Crippen LogP contribution is -2.47. The second kappa shape index (κ2) is 6.33. The molecule has 0 radical (unpaired) electrons. The third-order valence-corrected chi connectivity index (χ3v) is 6.14. The van der Waals surface area contributed by atoms with Gasteiger partial charge in [0, 0.05) is 37.8 Å². The third-order valence-electron chi connectivity index (χ3n) is 4.35. The molecule has 0 bridgehead atoms. The van der Waals surface area contributed by atoms with Gasteiger partial charge in [-0.3, -0.25) is 0 Å². The Morgan fingerprint density at radius 1 is 1.13 bits per heavy atom. The SMILES string of the molecule is CC1CCN(c2ccc(F)cc2F)CCN1S(=O)(=O)NC1CC1. The topological polar surface area (TPSA) is 52.7 Å². The van der Waals surface area contributed by atoms with Crippen molar-refractivity contribution in [2.45, 2.75) is 38.3 Å². The highest BCUT2D eigenvalue weighted by Gasteiger charge is 2.35. The Morgan fingerprint density at radius 2 is 1.87 bits per heavy atom. The maximum atomic E-state index is 14.0. The van der Waals surface area contributed by atoms with E-state index in [1.165, 1.54) is 16.4 Å². The smallest absolute Gasteiger partial charge is 0.280 e. The van der Waals surface area contributed by atoms with Crippen molar-refractivity contribution in [3.8, 4) is 0 Å². The summed E-state index contributed by atoms with van der Waals surface area (Å²) < 4.78 is 56.0. The Morgan fingerprint density at radius 3 is 2.52 bits per heavy atom. The molecule has 0 aromatic heterocycles. The third kappa shape index (κ3) is 3.81. The molecule has 1 aliphatic carbocycles. The van der Waals surface area contributed by atoms with Crippen molar-refractivity contribution in [3.63, 3.8) is 0 Å². The monoisotopic (exact) mass is 345 g/mol. The molecule has 128 valence electrons. The molecule has 1 unspecified atom stereocenters. The number of benzene rings is 1. The summed E-state index contributed by atoms with van der Waals surface area (Å²) in [5.41, 5.74) is 0.313. The van der Waals surface area contributed by atoms with Crippen molar-refractivity contribution >= 4 is 15.9 Å². The zero-order chi connectivity index (χ0) is 16.6. The van der Waals surface area contributed by atoms with E-state index >= 15 is 0 Å². The Kier molecular flexibility index (Phi) is 4.57. The molecule has 1 aromatic rings. The van der Waals surface area contributed by atoms with Crippen LogP contribution in [0.25, 0.3) is 0 Å². The van der Waals surface area contributed by atoms with Gasteiger partial charge in [-0.25, -0.2) is 8.78 Å². The molecule has 0 spiro atoms. The van der Waals surface area contributed by atoms with E-state index in [9.17, 15) is 17.2 Å². The van der Waals surface area contributed by atoms with E-state index in [-0.39, 0.29) is 18.6 Å². The van der Waals surface area contributed by atoms with E-state index in [4.69, 9.17) is 0 Å². The van der Waals surface area contributed by atoms with Crippen LogP contribution in [0.5, 0.6) is 0 Å². The first-order chi connectivity index (χ1) is 10.9. The van der Waals surface area contributed by atoms with Gasteiger partial charge in [0.05, 0.1) is 5.69 Å². The fourth-order valence-corrected chi connectivity index (χ4v) is 4.55. The van der Waals surface area contributed by atoms with Crippen LogP contribution >= 0.6 is 0 Å². The van der Waals surface area contributed by atoms with Crippen LogP contribution < -0.4 is 9.62 Å². The average molecular weight is 345 g/mol. The molecule has 5 nitrogen and oxygen atoms in total. The van der Waals surface area contributed by atoms with Crippen LogP contribution in [0.15, 0.2) is 18.2 Å². The van der Waals surface area contributed by atoms with Crippen LogP contribution in [0.1, 0.15) is 26.2 Å². The summed E-state index contributed by atoms with van der Waals surface area (Å²) >= 11 is 0. The molecule has 8 heteroatoms. The number of halogens is 2. The van der Waals surface area contributed by atoms with Crippen molar-refractivity contribution in [2.24, 2.45) is 0 Å². The predicted octanol–water partition coefficient (Wildman–Crippen LogP) is 1.86. The van der Waals surface area contributed by atoms with Crippen molar-refractivity contribution < 1.29 is 17.2 Å². The van der Waals surface area contributed by atoms with Crippen LogP contribution in [0, 0.1) is 11.6 Å². The summed E-state index contributed by atoms with van der Waals surface area (Å²) in [7, 11) is -3.51. The summed E-state index contributed by atoms with van der Waals surface area (Å²) in [5, 5.41) is 0. The van der Waals surface area contributed by atoms with Gasteiger partial charge in [0.15, 0.2) is 0 Å². The van der Waals surface area contributed by atoms with Gasteiger partial charge in [0.1, 0.15) is 11.6 Å². The van der Waals surface area contributed by atoms with Crippen LogP contribution in [-0.4, -0.2) is 44.4 Å². The molecule has 1 N–H and O–H groups in total. The van der Waals surface area contributed by atoms with Crippen LogP contribution in [0.4, 0.5) is 14.5 Å². The number of nitrogens with one attached hydrogen (secondary N) is 1. The number of hydrogen-bond donors (Lipinski definition) is 1. The molecule has 1 heterocycles. The largest absolute Gasteiger partial charge is 0.368 e. The second-order valence-corrected chi connectivity index (χ2v) is 7.88. The summed E-state index contributed by atoms with van der Waals surface area (Å²) in [5.74, 6) is -1.24. The summed E-state index contributed by atoms with van der Waals surface area (Å²) in [6, 6.07) is 3.37. The minimum absolute atomic E-state index is 0.0566. The van der Waals surface area contributed by atoms with Gasteiger partial charge in [-0.2, -0.15) is 17.4 Å². The van der Waals surface area contributed by atoms with E-state index in [1.54, 1.807) is 4.90 Å². The zero-order valence-corrected chi connectivity index (χ0v) is 13.8. The Hall–Kier alpha value is -1.25. The van der Waals surface area contributed by atoms with Crippen LogP contribution in [-0.2, 0) is 10.2 Å². The molecule has 1 aliphatic heterocycles. The molecular weight excluding hydrogens is 324 g/mol. The highest BCUT2D eigenvalue weighted by molar-refractivity contribution is 7.87. The molecule has 1 aromatic carbocycles. The van der Waals surface area contributed by atoms with Crippen molar-refractivity contribution in [1.29, 1.82) is 0 Å². The molecule has 2 aliphatic rings. The maximum absolute atomic E-state index is 14.0. The molecule has 3 rings (SSSR count). The van der Waals surface area contributed by atoms with Crippen molar-refractivity contribution in [2.75, 3.05) is 24.5 Å². The van der Waals surface area contributed by atoms with E-state index in [2.05, 4.69) is 4.72 Å². The highest BCUT2D eigenvalue weighted by atomic mass is 32.2. The first-order valence-electron chi connectivity index (χ1n) is 7.86. The van der Waals surface area contributed by atoms with Gasteiger partial charge in [0.2, 0.25) is 0 Å². The quantitative estimate of drug-likeness (QED) is 0.906. The molecular formula is C15H21F2N3O2S. The van der Waals surface area contributed by atoms with E-state index in [0.717, 1.165) is 18.9 Å². The van der Waals surface area contributed by atoms with Crippen LogP contribution in [0.2, 0.25) is 0 Å². The van der Waals surface area contributed by atoms with Crippen LogP contribution in [0.3, 0.4) is 0 Å². The van der Waals surface area contributed by atoms with Gasteiger partial charge in [-0.15, -0.1) is 0 Å². The average Bonchev–Trinajstić information content (AvgIpc) is 3.27. The number of nitrogens with zero attached hydrogens (tertiary/aromatic N) is 2. The minimum atomic E-state index is -3.51. The summed E-state index contributed by atoms with van der Waals surface area (Å²) in [4.78, 5) is 1.78. The fourth-order valence-electron chi connectivity index (χ4n) is 2.85. The minimum Gasteiger partial charge on any atom is -0.368 e. The number of anilines is 1. The van der Waals surface area contributed by atoms with Crippen molar-refractivity contribution in [3.05, 3.63) is 29.8 Å². The lowest BCUT2D eigenvalue weighted by molar-refractivity contribution is 0.344. The Bertz CT molecular complexity index is 679. The first kappa shape index (κ1) is 16.6. The molecule has 1 atom stereocenters. The van der Waals surface area contributed by atoms with Gasteiger partial charge in [0.25, 0.3) is 10.2 Å². The lowest BCUT2D eigenvalue weighted by atomic mass is 10.2. The normalized spacial score (nSPS) is 23.8. The summed E-state index contributed by atoms with van der Waals surface area (Å²) in [6.45, 7) is 3.04. The fraction of sp³-hybridized carbons (Fsp3) is 0.600. The highest BCUT2D eigenvalue weighted by Crippen LogP contribution is 2.25. The molecule has 2 fully saturated rings. The molecule has 23 heavy (non-hydrogen) atoms. The van der Waals surface area contributed by atoms with Crippen molar-refractivity contribution in [1.82, 2.24) is 9.03 Å². The Labute approximate surface area is 135 Å². The van der Waals surface area contributed by atoms with Gasteiger partial charge < -0.3 is 4.90 Å². The Balaban J connectivity index is 1.74. The van der Waals surface area contributed by atoms with E-state index in [1.807, 2.05) is 6.92 Å². The predicted molar refractivity (Wildman–Crippen MR) is 84.4 cm³/mol. The standard InChI is InChI=1S/C15H21F2N3O2S/c1-11-6-7-19(15-5-2-12(16)10-14(15)17)8-9-20(11)23(21,22)18-13-3-4-13/h2,5,10-11,13,18H,3-4,6-9H2,1H3. The van der Waals surface area contributed by atoms with E-state index in [0.29, 0.717) is 25.2 Å². The first-order valence-corrected chi connectivity index (χ1v) is 9.30. The van der Waals surface area contributed by atoms with Gasteiger partial charge in [-0.05, 0) is 38.3 Å². The number of rotatable bonds is 4. The lowest BCUT2D eigenvalue weighted by Gasteiger charge is -2.26. The second-order valence-electron chi connectivity index (χ2n) is 6.23. The zero-order valence-electron chi connectivity index (χ0n) is 13.0. The molecule has 1 saturated carbocycles. The van der Waals surface area contributed by atoms with E-state index < -0.39 is 21.8 Å². The van der Waals surface area contributed by atoms with Gasteiger partial charge >= 0.3 is 0 Å². The molecule has 0 amide bonds. The number of hydrogen-bond acceptors (Lipinski definition) is 3. The maximum Gasteiger partial charge on any atom is 0.280 e. The van der Waals surface area contributed by atoms with Gasteiger partial charge in [-0.1, -0.05) is 0 Å². The summed E-state index contributed by atoms with van der Waals surface area (Å²) in [6.07, 6.45) is 2.35.